The Morgan fingerprint density at radius 1 is 0.484 bits per heavy atom. The van der Waals surface area contributed by atoms with Gasteiger partial charge < -0.3 is 20.3 Å². The molecule has 366 valence electrons. The highest BCUT2D eigenvalue weighted by Gasteiger charge is 2.23. The summed E-state index contributed by atoms with van der Waals surface area (Å²) in [6.07, 6.45) is 67.7. The maximum atomic E-state index is 13.2. The highest BCUT2D eigenvalue weighted by Crippen LogP contribution is 2.16. The first-order valence-corrected chi connectivity index (χ1v) is 26.5. The van der Waals surface area contributed by atoms with Gasteiger partial charge in [0.25, 0.3) is 0 Å². The summed E-state index contributed by atoms with van der Waals surface area (Å²) in [5.41, 5.74) is 0. The molecule has 3 N–H and O–H groups in total. The van der Waals surface area contributed by atoms with E-state index < -0.39 is 18.2 Å². The van der Waals surface area contributed by atoms with Gasteiger partial charge in [-0.05, 0) is 77.0 Å². The summed E-state index contributed by atoms with van der Waals surface area (Å²) < 4.78 is 5.87. The number of amides is 1. The van der Waals surface area contributed by atoms with E-state index in [1.54, 1.807) is 0 Å². The lowest BCUT2D eigenvalue weighted by Gasteiger charge is -2.24. The Labute approximate surface area is 395 Å². The summed E-state index contributed by atoms with van der Waals surface area (Å²) in [5.74, 6) is -0.599. The molecule has 3 atom stereocenters. The lowest BCUT2D eigenvalue weighted by Crippen LogP contribution is -2.46. The van der Waals surface area contributed by atoms with E-state index in [-0.39, 0.29) is 24.9 Å². The maximum absolute atomic E-state index is 13.2. The molecule has 6 nitrogen and oxygen atoms in total. The SMILES string of the molecule is CC/C=C\C/C=C\C/C=C\C/C=C\C/C=C\CC(CC(=O)NC(CO)C(O)CCCCCCCCCCCCCCCC)OC(=O)CCCCCCCC/C=C/C/C=C/C/C=C/CC. The second-order valence-electron chi connectivity index (χ2n) is 17.5. The summed E-state index contributed by atoms with van der Waals surface area (Å²) in [5, 5.41) is 23.8. The molecule has 0 radical (unpaired) electrons. The zero-order chi connectivity index (χ0) is 46.7. The summed E-state index contributed by atoms with van der Waals surface area (Å²) >= 11 is 0. The van der Waals surface area contributed by atoms with Gasteiger partial charge in [-0.2, -0.15) is 0 Å². The Morgan fingerprint density at radius 3 is 1.33 bits per heavy atom. The largest absolute Gasteiger partial charge is 0.461 e. The summed E-state index contributed by atoms with van der Waals surface area (Å²) in [6.45, 7) is 6.23. The molecule has 3 unspecified atom stereocenters. The van der Waals surface area contributed by atoms with Gasteiger partial charge in [0.1, 0.15) is 6.10 Å². The van der Waals surface area contributed by atoms with Gasteiger partial charge in [-0.25, -0.2) is 0 Å². The fourth-order valence-corrected chi connectivity index (χ4v) is 7.47. The summed E-state index contributed by atoms with van der Waals surface area (Å²) in [4.78, 5) is 26.1. The molecule has 6 heteroatoms. The van der Waals surface area contributed by atoms with E-state index >= 15 is 0 Å². The molecule has 1 amide bonds. The Bertz CT molecular complexity index is 1270. The minimum atomic E-state index is -0.819. The zero-order valence-electron chi connectivity index (χ0n) is 41.6. The molecule has 0 aromatic rings. The fraction of sp³-hybridized carbons (Fsp3) is 0.690. The average Bonchev–Trinajstić information content (AvgIpc) is 3.29. The van der Waals surface area contributed by atoms with E-state index in [0.717, 1.165) is 103 Å². The number of hydrogen-bond donors (Lipinski definition) is 3. The van der Waals surface area contributed by atoms with Gasteiger partial charge in [-0.1, -0.05) is 234 Å². The Kier molecular flexibility index (Phi) is 48.2. The molecule has 0 spiro atoms. The molecule has 0 aromatic carbocycles. The number of unbranched alkanes of at least 4 members (excludes halogenated alkanes) is 19. The number of nitrogens with one attached hydrogen (secondary N) is 1. The van der Waals surface area contributed by atoms with Crippen molar-refractivity contribution < 1.29 is 24.5 Å². The Balaban J connectivity index is 4.73. The van der Waals surface area contributed by atoms with E-state index in [1.165, 1.54) is 83.5 Å². The van der Waals surface area contributed by atoms with Crippen LogP contribution in [-0.4, -0.2) is 46.9 Å². The van der Waals surface area contributed by atoms with Crippen LogP contribution in [0, 0.1) is 0 Å². The molecule has 0 fully saturated rings. The summed E-state index contributed by atoms with van der Waals surface area (Å²) in [7, 11) is 0. The van der Waals surface area contributed by atoms with Crippen LogP contribution in [0.2, 0.25) is 0 Å². The molecule has 0 rings (SSSR count). The number of carbonyl (C=O) groups is 2. The van der Waals surface area contributed by atoms with E-state index in [4.69, 9.17) is 4.74 Å². The van der Waals surface area contributed by atoms with Gasteiger partial charge in [0.15, 0.2) is 0 Å². The standard InChI is InChI=1S/C58H99NO5/c1-4-7-10-13-16-19-22-25-28-30-33-36-39-42-45-48-51-58(63)64-54(49-46-43-40-37-34-31-29-26-23-20-17-14-11-8-5-2)52-57(62)59-55(53-60)56(61)50-47-44-41-38-35-32-27-24-21-18-15-12-9-6-3/h7-8,10-11,16-17,19-20,25-26,28-29,34,37,43,46,54-56,60-61H,4-6,9,12-15,18,21-24,27,30-33,35-36,38-42,44-45,47-53H2,1-3H3,(H,59,62)/b10-7+,11-8-,19-16+,20-17-,28-25+,29-26-,37-34-,46-43-. The van der Waals surface area contributed by atoms with Gasteiger partial charge in [0.05, 0.1) is 25.2 Å². The first kappa shape index (κ1) is 60.8. The molecule has 0 aromatic heterocycles. The number of carbonyl (C=O) groups excluding carboxylic acids is 2. The maximum Gasteiger partial charge on any atom is 0.306 e. The van der Waals surface area contributed by atoms with E-state index in [0.29, 0.717) is 19.3 Å². The molecule has 0 saturated carbocycles. The Morgan fingerprint density at radius 2 is 0.875 bits per heavy atom. The Hall–Kier alpha value is -3.22. The van der Waals surface area contributed by atoms with Crippen molar-refractivity contribution in [2.45, 2.75) is 251 Å². The van der Waals surface area contributed by atoms with Crippen LogP contribution in [0.5, 0.6) is 0 Å². The third-order valence-electron chi connectivity index (χ3n) is 11.4. The smallest absolute Gasteiger partial charge is 0.306 e. The van der Waals surface area contributed by atoms with Gasteiger partial charge in [0, 0.05) is 12.8 Å². The first-order chi connectivity index (χ1) is 31.5. The highest BCUT2D eigenvalue weighted by molar-refractivity contribution is 5.77. The second kappa shape index (κ2) is 50.8. The van der Waals surface area contributed by atoms with Crippen molar-refractivity contribution in [3.8, 4) is 0 Å². The number of aliphatic hydroxyl groups is 2. The molecule has 0 heterocycles. The molecular weight excluding hydrogens is 791 g/mol. The van der Waals surface area contributed by atoms with E-state index in [2.05, 4.69) is 111 Å². The number of hydrogen-bond acceptors (Lipinski definition) is 5. The van der Waals surface area contributed by atoms with Crippen molar-refractivity contribution >= 4 is 11.9 Å². The van der Waals surface area contributed by atoms with Crippen LogP contribution < -0.4 is 5.32 Å². The van der Waals surface area contributed by atoms with Gasteiger partial charge in [-0.15, -0.1) is 0 Å². The quantitative estimate of drug-likeness (QED) is 0.0321. The minimum absolute atomic E-state index is 0.0107. The highest BCUT2D eigenvalue weighted by atomic mass is 16.5. The molecule has 0 aliphatic rings. The fourth-order valence-electron chi connectivity index (χ4n) is 7.47. The average molecular weight is 890 g/mol. The number of ether oxygens (including phenoxy) is 1. The molecule has 64 heavy (non-hydrogen) atoms. The minimum Gasteiger partial charge on any atom is -0.461 e. The van der Waals surface area contributed by atoms with Crippen molar-refractivity contribution in [2.24, 2.45) is 0 Å². The van der Waals surface area contributed by atoms with Crippen molar-refractivity contribution in [1.29, 1.82) is 0 Å². The normalized spacial score (nSPS) is 14.0. The van der Waals surface area contributed by atoms with Crippen molar-refractivity contribution in [3.05, 3.63) is 97.2 Å². The van der Waals surface area contributed by atoms with Gasteiger partial charge in [-0.3, -0.25) is 9.59 Å². The van der Waals surface area contributed by atoms with E-state index in [9.17, 15) is 19.8 Å². The topological polar surface area (TPSA) is 95.9 Å². The molecule has 0 aliphatic heterocycles. The van der Waals surface area contributed by atoms with Crippen LogP contribution in [0.1, 0.15) is 233 Å². The summed E-state index contributed by atoms with van der Waals surface area (Å²) in [6, 6.07) is -0.740. The number of rotatable bonds is 46. The van der Waals surface area contributed by atoms with Gasteiger partial charge >= 0.3 is 5.97 Å². The van der Waals surface area contributed by atoms with Crippen molar-refractivity contribution in [3.63, 3.8) is 0 Å². The number of esters is 1. The third-order valence-corrected chi connectivity index (χ3v) is 11.4. The zero-order valence-corrected chi connectivity index (χ0v) is 41.6. The van der Waals surface area contributed by atoms with E-state index in [1.807, 2.05) is 12.2 Å². The number of allylic oxidation sites excluding steroid dienone is 15. The lowest BCUT2D eigenvalue weighted by molar-refractivity contribution is -0.150. The van der Waals surface area contributed by atoms with Crippen molar-refractivity contribution in [1.82, 2.24) is 5.32 Å². The lowest BCUT2D eigenvalue weighted by atomic mass is 10.0. The van der Waals surface area contributed by atoms with Crippen LogP contribution in [0.3, 0.4) is 0 Å². The third kappa shape index (κ3) is 45.4. The van der Waals surface area contributed by atoms with Crippen molar-refractivity contribution in [2.75, 3.05) is 6.61 Å². The van der Waals surface area contributed by atoms with Crippen LogP contribution in [0.4, 0.5) is 0 Å². The second-order valence-corrected chi connectivity index (χ2v) is 17.5. The monoisotopic (exact) mass is 890 g/mol. The predicted molar refractivity (Wildman–Crippen MR) is 277 cm³/mol. The molecule has 0 saturated heterocycles. The molecular formula is C58H99NO5. The first-order valence-electron chi connectivity index (χ1n) is 26.5. The molecule has 0 bridgehead atoms. The predicted octanol–water partition coefficient (Wildman–Crippen LogP) is 16.1. The number of aliphatic hydroxyl groups excluding tert-OH is 2. The molecule has 0 aliphatic carbocycles. The van der Waals surface area contributed by atoms with Crippen LogP contribution >= 0.6 is 0 Å². The van der Waals surface area contributed by atoms with Gasteiger partial charge in [0.2, 0.25) is 5.91 Å². The van der Waals surface area contributed by atoms with Crippen LogP contribution in [0.25, 0.3) is 0 Å². The van der Waals surface area contributed by atoms with Crippen LogP contribution in [-0.2, 0) is 14.3 Å². The van der Waals surface area contributed by atoms with Crippen LogP contribution in [0.15, 0.2) is 97.2 Å².